The highest BCUT2D eigenvalue weighted by atomic mass is 35.5. The van der Waals surface area contributed by atoms with Crippen LogP contribution in [0, 0.1) is 0 Å². The highest BCUT2D eigenvalue weighted by Gasteiger charge is 2.48. The predicted octanol–water partition coefficient (Wildman–Crippen LogP) is 9.31. The van der Waals surface area contributed by atoms with E-state index in [1.54, 1.807) is 0 Å². The van der Waals surface area contributed by atoms with Crippen molar-refractivity contribution in [1.29, 1.82) is 0 Å². The maximum Gasteiger partial charge on any atom is 0.223 e. The van der Waals surface area contributed by atoms with E-state index in [9.17, 15) is 0 Å². The zero-order valence-electron chi connectivity index (χ0n) is 21.6. The highest BCUT2D eigenvalue weighted by Crippen LogP contribution is 2.58. The number of benzene rings is 5. The van der Waals surface area contributed by atoms with Crippen LogP contribution in [-0.2, 0) is 5.41 Å². The summed E-state index contributed by atoms with van der Waals surface area (Å²) < 4.78 is 0. The lowest BCUT2D eigenvalue weighted by Crippen LogP contribution is -2.30. The monoisotopic (exact) mass is 530 g/mol. The smallest absolute Gasteiger partial charge is 0.218 e. The molecule has 1 heterocycles. The van der Waals surface area contributed by atoms with Gasteiger partial charge in [0.2, 0.25) is 5.28 Å². The molecule has 3 heteroatoms. The Morgan fingerprint density at radius 1 is 0.450 bits per heavy atom. The van der Waals surface area contributed by atoms with Crippen molar-refractivity contribution in [2.75, 3.05) is 0 Å². The van der Waals surface area contributed by atoms with Crippen LogP contribution in [0.25, 0.3) is 45.8 Å². The minimum Gasteiger partial charge on any atom is -0.218 e. The Balaban J connectivity index is 1.44. The number of rotatable bonds is 2. The van der Waals surface area contributed by atoms with Crippen molar-refractivity contribution in [2.24, 2.45) is 0 Å². The molecule has 0 radical (unpaired) electrons. The fourth-order valence-corrected chi connectivity index (χ4v) is 6.82. The predicted molar refractivity (Wildman–Crippen MR) is 164 cm³/mol. The Labute approximate surface area is 238 Å². The van der Waals surface area contributed by atoms with E-state index in [1.807, 2.05) is 36.4 Å². The first-order chi connectivity index (χ1) is 19.7. The third-order valence-electron chi connectivity index (χ3n) is 8.28. The first-order valence-electron chi connectivity index (χ1n) is 13.5. The van der Waals surface area contributed by atoms with Gasteiger partial charge in [-0.1, -0.05) is 127 Å². The zero-order chi connectivity index (χ0) is 26.7. The number of aromatic nitrogens is 2. The molecule has 0 aliphatic heterocycles. The quantitative estimate of drug-likeness (QED) is 0.208. The Hall–Kier alpha value is -4.79. The molecule has 2 aliphatic carbocycles. The molecule has 0 fully saturated rings. The van der Waals surface area contributed by atoms with Gasteiger partial charge in [0.25, 0.3) is 0 Å². The molecule has 0 saturated carbocycles. The van der Waals surface area contributed by atoms with Crippen LogP contribution >= 0.6 is 11.6 Å². The van der Waals surface area contributed by atoms with Crippen molar-refractivity contribution >= 4 is 23.8 Å². The molecule has 0 unspecified atom stereocenters. The third kappa shape index (κ3) is 3.30. The molecule has 1 aromatic heterocycles. The summed E-state index contributed by atoms with van der Waals surface area (Å²) in [5.41, 5.74) is 13.2. The van der Waals surface area contributed by atoms with Gasteiger partial charge in [-0.3, -0.25) is 0 Å². The van der Waals surface area contributed by atoms with E-state index in [2.05, 4.69) is 113 Å². The van der Waals surface area contributed by atoms with Crippen LogP contribution in [0.1, 0.15) is 33.4 Å². The number of hydrogen-bond acceptors (Lipinski definition) is 2. The van der Waals surface area contributed by atoms with Gasteiger partial charge in [0.05, 0.1) is 16.8 Å². The van der Waals surface area contributed by atoms with Crippen LogP contribution in [0.2, 0.25) is 5.28 Å². The van der Waals surface area contributed by atoms with Crippen molar-refractivity contribution < 1.29 is 0 Å². The van der Waals surface area contributed by atoms with Crippen molar-refractivity contribution in [2.45, 2.75) is 5.41 Å². The minimum absolute atomic E-state index is 0.240. The Kier molecular flexibility index (Phi) is 5.13. The molecular formula is C37H23ClN2. The van der Waals surface area contributed by atoms with E-state index in [4.69, 9.17) is 11.6 Å². The van der Waals surface area contributed by atoms with Crippen molar-refractivity contribution in [3.05, 3.63) is 166 Å². The van der Waals surface area contributed by atoms with E-state index >= 15 is 0 Å². The first kappa shape index (κ1) is 23.1. The number of fused-ring (bicyclic) bond motifs is 9. The lowest BCUT2D eigenvalue weighted by Gasteiger charge is -2.35. The summed E-state index contributed by atoms with van der Waals surface area (Å²) in [6.07, 6.45) is 4.51. The summed E-state index contributed by atoms with van der Waals surface area (Å²) in [6.45, 7) is 0. The van der Waals surface area contributed by atoms with Gasteiger partial charge >= 0.3 is 0 Å². The summed E-state index contributed by atoms with van der Waals surface area (Å²) in [4.78, 5) is 9.22. The maximum atomic E-state index is 6.51. The van der Waals surface area contributed by atoms with Gasteiger partial charge in [0.1, 0.15) is 0 Å². The van der Waals surface area contributed by atoms with Gasteiger partial charge in [-0.05, 0) is 68.2 Å². The van der Waals surface area contributed by atoms with Gasteiger partial charge in [-0.15, -0.1) is 0 Å². The third-order valence-corrected chi connectivity index (χ3v) is 8.45. The Bertz CT molecular complexity index is 1920. The molecular weight excluding hydrogens is 508 g/mol. The molecule has 2 nitrogen and oxygen atoms in total. The lowest BCUT2D eigenvalue weighted by molar-refractivity contribution is 0.766. The average Bonchev–Trinajstić information content (AvgIpc) is 3.21. The Morgan fingerprint density at radius 2 is 1.00 bits per heavy atom. The topological polar surface area (TPSA) is 25.8 Å². The second-order valence-electron chi connectivity index (χ2n) is 10.3. The zero-order valence-corrected chi connectivity index (χ0v) is 22.3. The molecule has 0 bridgehead atoms. The summed E-state index contributed by atoms with van der Waals surface area (Å²) in [5, 5.41) is 0.240. The molecule has 0 amide bonds. The van der Waals surface area contributed by atoms with Gasteiger partial charge in [0, 0.05) is 11.1 Å². The second-order valence-corrected chi connectivity index (χ2v) is 10.7. The van der Waals surface area contributed by atoms with E-state index in [0.717, 1.165) is 22.5 Å². The fraction of sp³-hybridized carbons (Fsp3) is 0.0270. The van der Waals surface area contributed by atoms with E-state index < -0.39 is 5.41 Å². The molecule has 2 aliphatic rings. The van der Waals surface area contributed by atoms with E-state index in [0.29, 0.717) is 0 Å². The molecule has 6 aromatic rings. The number of halogens is 1. The van der Waals surface area contributed by atoms with Gasteiger partial charge in [-0.2, -0.15) is 0 Å². The van der Waals surface area contributed by atoms with Crippen LogP contribution < -0.4 is 0 Å². The molecule has 0 saturated heterocycles. The van der Waals surface area contributed by atoms with E-state index in [-0.39, 0.29) is 5.28 Å². The van der Waals surface area contributed by atoms with Gasteiger partial charge in [-0.25, -0.2) is 9.97 Å². The van der Waals surface area contributed by atoms with Crippen LogP contribution in [0.15, 0.2) is 127 Å². The summed E-state index contributed by atoms with van der Waals surface area (Å²) >= 11 is 6.51. The first-order valence-corrected chi connectivity index (χ1v) is 13.8. The lowest BCUT2D eigenvalue weighted by atomic mass is 9.66. The molecule has 0 N–H and O–H groups in total. The second kappa shape index (κ2) is 8.87. The van der Waals surface area contributed by atoms with Crippen LogP contribution in [0.4, 0.5) is 0 Å². The molecule has 1 spiro atoms. The van der Waals surface area contributed by atoms with Crippen molar-refractivity contribution in [3.8, 4) is 33.6 Å². The Morgan fingerprint density at radius 3 is 1.70 bits per heavy atom. The van der Waals surface area contributed by atoms with Gasteiger partial charge in [0.15, 0.2) is 0 Å². The molecule has 5 aromatic carbocycles. The van der Waals surface area contributed by atoms with Crippen molar-refractivity contribution in [1.82, 2.24) is 9.97 Å². The standard InChI is InChI=1S/C37H23ClN2/c38-36-39-34(26-12-2-1-3-13-26)23-35(40-36)27-20-21-29-28-14-6-9-17-32(28)37(33(29)22-27)30-15-7-4-10-24(30)18-19-25-11-5-8-16-31(25)37/h1-23H. The van der Waals surface area contributed by atoms with E-state index in [1.165, 1.54) is 44.5 Å². The molecule has 40 heavy (non-hydrogen) atoms. The van der Waals surface area contributed by atoms with Gasteiger partial charge < -0.3 is 0 Å². The maximum absolute atomic E-state index is 6.51. The fourth-order valence-electron chi connectivity index (χ4n) is 6.63. The molecule has 8 rings (SSSR count). The highest BCUT2D eigenvalue weighted by molar-refractivity contribution is 6.28. The van der Waals surface area contributed by atoms with Crippen LogP contribution in [0.5, 0.6) is 0 Å². The largest absolute Gasteiger partial charge is 0.223 e. The van der Waals surface area contributed by atoms with Crippen LogP contribution in [0.3, 0.4) is 0 Å². The number of nitrogens with zero attached hydrogens (tertiary/aromatic N) is 2. The average molecular weight is 531 g/mol. The molecule has 188 valence electrons. The van der Waals surface area contributed by atoms with Crippen molar-refractivity contribution in [3.63, 3.8) is 0 Å². The minimum atomic E-state index is -0.474. The SMILES string of the molecule is Clc1nc(-c2ccccc2)cc(-c2ccc3c(c2)C2(c4ccccc4C=Cc4ccccc42)c2ccccc2-3)n1. The summed E-state index contributed by atoms with van der Waals surface area (Å²) in [5.74, 6) is 0. The molecule has 0 atom stereocenters. The summed E-state index contributed by atoms with van der Waals surface area (Å²) in [6, 6.07) is 45.3. The normalized spacial score (nSPS) is 13.7. The summed E-state index contributed by atoms with van der Waals surface area (Å²) in [7, 11) is 0. The van der Waals surface area contributed by atoms with Crippen LogP contribution in [-0.4, -0.2) is 9.97 Å². The number of hydrogen-bond donors (Lipinski definition) is 0.